The molecule has 1 N–H and O–H groups in total. The number of benzene rings is 1. The Hall–Kier alpha value is -4.62. The van der Waals surface area contributed by atoms with E-state index < -0.39 is 5.97 Å². The zero-order chi connectivity index (χ0) is 26.1. The number of nitrogens with zero attached hydrogens (tertiary/aromatic N) is 7. The Balaban J connectivity index is 1.56. The molecule has 0 fully saturated rings. The van der Waals surface area contributed by atoms with E-state index in [9.17, 15) is 10.1 Å². The van der Waals surface area contributed by atoms with Gasteiger partial charge < -0.3 is 10.0 Å². The van der Waals surface area contributed by atoms with Crippen molar-refractivity contribution < 1.29 is 9.90 Å². The third-order valence-corrected chi connectivity index (χ3v) is 7.03. The molecule has 4 aromatic heterocycles. The molecule has 0 aliphatic rings. The number of anilines is 2. The molecule has 0 aliphatic heterocycles. The molecule has 0 saturated heterocycles. The molecule has 184 valence electrons. The molecule has 0 atom stereocenters. The Labute approximate surface area is 217 Å². The first-order chi connectivity index (χ1) is 17.9. The quantitative estimate of drug-likeness (QED) is 0.323. The number of hydrogen-bond acceptors (Lipinski definition) is 8. The lowest BCUT2D eigenvalue weighted by atomic mass is 10.1. The van der Waals surface area contributed by atoms with Crippen molar-refractivity contribution in [3.8, 4) is 28.5 Å². The summed E-state index contributed by atoms with van der Waals surface area (Å²) in [6.45, 7) is 4.08. The largest absolute Gasteiger partial charge is 0.481 e. The van der Waals surface area contributed by atoms with E-state index in [1.54, 1.807) is 12.4 Å². The van der Waals surface area contributed by atoms with Crippen LogP contribution in [0.5, 0.6) is 0 Å². The number of aromatic nitrogens is 5. The van der Waals surface area contributed by atoms with Gasteiger partial charge in [-0.3, -0.25) is 9.20 Å². The van der Waals surface area contributed by atoms with E-state index in [1.807, 2.05) is 65.9 Å². The van der Waals surface area contributed by atoms with Crippen LogP contribution in [0.2, 0.25) is 0 Å². The van der Waals surface area contributed by atoms with Gasteiger partial charge in [-0.1, -0.05) is 48.1 Å². The van der Waals surface area contributed by atoms with Gasteiger partial charge in [0.2, 0.25) is 0 Å². The number of carboxylic acids is 1. The highest BCUT2D eigenvalue weighted by Crippen LogP contribution is 2.37. The number of aliphatic carboxylic acids is 1. The summed E-state index contributed by atoms with van der Waals surface area (Å²) in [6, 6.07) is 14.2. The van der Waals surface area contributed by atoms with Gasteiger partial charge in [-0.25, -0.2) is 19.9 Å². The number of thiazole rings is 1. The van der Waals surface area contributed by atoms with Crippen LogP contribution < -0.4 is 4.90 Å². The van der Waals surface area contributed by atoms with Crippen molar-refractivity contribution in [2.24, 2.45) is 0 Å². The third-order valence-electron chi connectivity index (χ3n) is 5.99. The van der Waals surface area contributed by atoms with Crippen molar-refractivity contribution in [1.82, 2.24) is 24.3 Å². The second kappa shape index (κ2) is 9.79. The minimum atomic E-state index is -0.973. The molecule has 0 bridgehead atoms. The monoisotopic (exact) mass is 509 g/mol. The van der Waals surface area contributed by atoms with Crippen molar-refractivity contribution in [1.29, 1.82) is 5.26 Å². The SMILES string of the molecule is CCc1nc2ccc(-c3cnc(CC(=O)O)nc3)cn2c1N(C)c1nc(-c2ccc(C)cc2)c(C#N)s1. The first kappa shape index (κ1) is 24.1. The summed E-state index contributed by atoms with van der Waals surface area (Å²) in [5.74, 6) is 0.145. The summed E-state index contributed by atoms with van der Waals surface area (Å²) in [5, 5.41) is 19.5. The molecular formula is C27H23N7O2S. The maximum Gasteiger partial charge on any atom is 0.311 e. The maximum absolute atomic E-state index is 10.9. The number of nitriles is 1. The summed E-state index contributed by atoms with van der Waals surface area (Å²) in [7, 11) is 1.93. The predicted molar refractivity (Wildman–Crippen MR) is 142 cm³/mol. The van der Waals surface area contributed by atoms with Crippen LogP contribution in [0.25, 0.3) is 28.0 Å². The normalized spacial score (nSPS) is 11.0. The fourth-order valence-corrected chi connectivity index (χ4v) is 4.95. The fourth-order valence-electron chi connectivity index (χ4n) is 4.10. The van der Waals surface area contributed by atoms with Gasteiger partial charge in [0.25, 0.3) is 0 Å². The van der Waals surface area contributed by atoms with E-state index in [4.69, 9.17) is 15.1 Å². The molecule has 0 aliphatic carbocycles. The van der Waals surface area contributed by atoms with Crippen molar-refractivity contribution in [2.45, 2.75) is 26.7 Å². The molecule has 0 amide bonds. The second-order valence-electron chi connectivity index (χ2n) is 8.55. The lowest BCUT2D eigenvalue weighted by Gasteiger charge is -2.17. The van der Waals surface area contributed by atoms with Crippen LogP contribution in [0.4, 0.5) is 10.9 Å². The van der Waals surface area contributed by atoms with Gasteiger partial charge in [0, 0.05) is 42.3 Å². The van der Waals surface area contributed by atoms with Crippen molar-refractivity contribution in [3.05, 3.63) is 76.9 Å². The highest BCUT2D eigenvalue weighted by Gasteiger charge is 2.22. The summed E-state index contributed by atoms with van der Waals surface area (Å²) in [6.07, 6.45) is 5.70. The maximum atomic E-state index is 10.9. The van der Waals surface area contributed by atoms with Crippen LogP contribution in [0.3, 0.4) is 0 Å². The predicted octanol–water partition coefficient (Wildman–Crippen LogP) is 5.05. The van der Waals surface area contributed by atoms with E-state index in [0.717, 1.165) is 39.4 Å². The van der Waals surface area contributed by atoms with Crippen molar-refractivity contribution in [3.63, 3.8) is 0 Å². The van der Waals surface area contributed by atoms with Gasteiger partial charge in [0.15, 0.2) is 5.13 Å². The number of fused-ring (bicyclic) bond motifs is 1. The van der Waals surface area contributed by atoms with E-state index in [1.165, 1.54) is 11.3 Å². The number of carboxylic acid groups (broad SMARTS) is 1. The Morgan fingerprint density at radius 3 is 2.43 bits per heavy atom. The van der Waals surface area contributed by atoms with Gasteiger partial charge in [0.1, 0.15) is 40.4 Å². The van der Waals surface area contributed by atoms with Crippen LogP contribution >= 0.6 is 11.3 Å². The Morgan fingerprint density at radius 2 is 1.78 bits per heavy atom. The molecule has 5 rings (SSSR count). The molecule has 5 aromatic rings. The third kappa shape index (κ3) is 4.64. The summed E-state index contributed by atoms with van der Waals surface area (Å²) >= 11 is 1.34. The minimum absolute atomic E-state index is 0.223. The molecule has 0 unspecified atom stereocenters. The van der Waals surface area contributed by atoms with Crippen LogP contribution in [-0.2, 0) is 17.6 Å². The average Bonchev–Trinajstić information content (AvgIpc) is 3.50. The molecule has 37 heavy (non-hydrogen) atoms. The van der Waals surface area contributed by atoms with Crippen LogP contribution in [0, 0.1) is 18.3 Å². The summed E-state index contributed by atoms with van der Waals surface area (Å²) in [4.78, 5) is 31.5. The summed E-state index contributed by atoms with van der Waals surface area (Å²) in [5.41, 5.74) is 6.02. The molecule has 0 saturated carbocycles. The van der Waals surface area contributed by atoms with Gasteiger partial charge >= 0.3 is 5.97 Å². The molecule has 4 heterocycles. The van der Waals surface area contributed by atoms with Gasteiger partial charge in [-0.05, 0) is 25.5 Å². The average molecular weight is 510 g/mol. The number of carbonyl (C=O) groups is 1. The van der Waals surface area contributed by atoms with Crippen LogP contribution in [0.15, 0.2) is 55.0 Å². The smallest absolute Gasteiger partial charge is 0.311 e. The number of aryl methyl sites for hydroxylation is 2. The van der Waals surface area contributed by atoms with Gasteiger partial charge in [0.05, 0.1) is 5.69 Å². The minimum Gasteiger partial charge on any atom is -0.481 e. The zero-order valence-corrected chi connectivity index (χ0v) is 21.3. The standard InChI is InChI=1S/C27H23N7O2S/c1-4-20-26(33(3)27-32-25(21(12-28)37-27)17-7-5-16(2)6-8-17)34-15-18(9-10-23(34)31-20)19-13-29-22(30-14-19)11-24(35)36/h5-10,13-15H,4,11H2,1-3H3,(H,35,36). The number of pyridine rings is 1. The zero-order valence-electron chi connectivity index (χ0n) is 20.5. The van der Waals surface area contributed by atoms with Gasteiger partial charge in [-0.2, -0.15) is 5.26 Å². The lowest BCUT2D eigenvalue weighted by molar-refractivity contribution is -0.136. The van der Waals surface area contributed by atoms with E-state index in [-0.39, 0.29) is 12.2 Å². The van der Waals surface area contributed by atoms with E-state index >= 15 is 0 Å². The molecule has 0 radical (unpaired) electrons. The highest BCUT2D eigenvalue weighted by molar-refractivity contribution is 7.16. The Kier molecular flexibility index (Phi) is 6.38. The Bertz CT molecular complexity index is 1650. The summed E-state index contributed by atoms with van der Waals surface area (Å²) < 4.78 is 2.00. The highest BCUT2D eigenvalue weighted by atomic mass is 32.1. The van der Waals surface area contributed by atoms with Crippen molar-refractivity contribution in [2.75, 3.05) is 11.9 Å². The van der Waals surface area contributed by atoms with E-state index in [2.05, 4.69) is 23.0 Å². The van der Waals surface area contributed by atoms with Crippen molar-refractivity contribution >= 4 is 33.9 Å². The number of rotatable bonds is 7. The van der Waals surface area contributed by atoms with E-state index in [0.29, 0.717) is 22.1 Å². The molecule has 9 nitrogen and oxygen atoms in total. The van der Waals surface area contributed by atoms with Crippen LogP contribution in [0.1, 0.15) is 28.9 Å². The first-order valence-corrected chi connectivity index (χ1v) is 12.4. The lowest BCUT2D eigenvalue weighted by Crippen LogP contribution is -2.13. The fraction of sp³-hybridized carbons (Fsp3) is 0.185. The molecule has 0 spiro atoms. The molecular weight excluding hydrogens is 486 g/mol. The number of imidazole rings is 1. The molecule has 10 heteroatoms. The van der Waals surface area contributed by atoms with Gasteiger partial charge in [-0.15, -0.1) is 0 Å². The van der Waals surface area contributed by atoms with Crippen LogP contribution in [-0.4, -0.2) is 42.5 Å². The second-order valence-corrected chi connectivity index (χ2v) is 9.53. The number of hydrogen-bond donors (Lipinski definition) is 1. The first-order valence-electron chi connectivity index (χ1n) is 11.6. The Morgan fingerprint density at radius 1 is 1.08 bits per heavy atom. The topological polar surface area (TPSA) is 120 Å². The molecule has 1 aromatic carbocycles.